The molecule has 4 fully saturated rings. The van der Waals surface area contributed by atoms with Gasteiger partial charge in [0.2, 0.25) is 5.82 Å². The second-order valence-corrected chi connectivity index (χ2v) is 12.2. The minimum Gasteiger partial charge on any atom is -0.396 e. The molecule has 0 spiro atoms. The van der Waals surface area contributed by atoms with Gasteiger partial charge in [0.15, 0.2) is 5.82 Å². The highest BCUT2D eigenvalue weighted by molar-refractivity contribution is 7.99. The van der Waals surface area contributed by atoms with Crippen molar-refractivity contribution >= 4 is 57.9 Å². The van der Waals surface area contributed by atoms with Gasteiger partial charge >= 0.3 is 5.69 Å². The molecule has 6 rings (SSSR count). The van der Waals surface area contributed by atoms with E-state index in [1.807, 2.05) is 34.6 Å². The highest BCUT2D eigenvalue weighted by Crippen LogP contribution is 2.31. The van der Waals surface area contributed by atoms with Crippen molar-refractivity contribution in [1.82, 2.24) is 9.97 Å². The van der Waals surface area contributed by atoms with Crippen LogP contribution in [0.5, 0.6) is 0 Å². The van der Waals surface area contributed by atoms with Crippen LogP contribution in [-0.4, -0.2) is 117 Å². The van der Waals surface area contributed by atoms with Gasteiger partial charge in [-0.05, 0) is 6.07 Å². The molecule has 2 aromatic heterocycles. The molecular formula is C26H38N8O4S2. The molecule has 0 bridgehead atoms. The lowest BCUT2D eigenvalue weighted by Gasteiger charge is -2.31. The van der Waals surface area contributed by atoms with E-state index in [2.05, 4.69) is 30.7 Å². The fraction of sp³-hybridized carbons (Fsp3) is 0.615. The summed E-state index contributed by atoms with van der Waals surface area (Å²) in [5.74, 6) is 5.84. The molecule has 218 valence electrons. The lowest BCUT2D eigenvalue weighted by atomic mass is 10.3. The number of hydrogen-bond donors (Lipinski definition) is 1. The summed E-state index contributed by atoms with van der Waals surface area (Å²) < 4.78 is 10.6. The van der Waals surface area contributed by atoms with Crippen molar-refractivity contribution in [2.45, 2.75) is 0 Å². The first kappa shape index (κ1) is 28.8. The van der Waals surface area contributed by atoms with Gasteiger partial charge in [0, 0.05) is 81.4 Å². The van der Waals surface area contributed by atoms with E-state index in [-0.39, 0.29) is 10.6 Å². The van der Waals surface area contributed by atoms with Gasteiger partial charge < -0.3 is 34.8 Å². The molecule has 12 nitrogen and oxygen atoms in total. The van der Waals surface area contributed by atoms with E-state index < -0.39 is 0 Å². The Kier molecular flexibility index (Phi) is 10.3. The number of nitrogens with zero attached hydrogens (tertiary/aromatic N) is 7. The summed E-state index contributed by atoms with van der Waals surface area (Å²) in [5, 5.41) is 11.4. The zero-order chi connectivity index (χ0) is 27.7. The molecule has 0 atom stereocenters. The van der Waals surface area contributed by atoms with Crippen LogP contribution in [0.15, 0.2) is 24.5 Å². The van der Waals surface area contributed by atoms with Crippen LogP contribution in [0.1, 0.15) is 0 Å². The number of pyridine rings is 2. The number of hydrogen-bond acceptors (Lipinski definition) is 13. The van der Waals surface area contributed by atoms with Crippen LogP contribution in [0.25, 0.3) is 0 Å². The average molecular weight is 591 g/mol. The number of ether oxygens (including phenoxy) is 2. The minimum absolute atomic E-state index is 0.0904. The summed E-state index contributed by atoms with van der Waals surface area (Å²) in [5.41, 5.74) is 9.04. The standard InChI is InChI=1S/C13H18N4O3S.C13H20N4OS/c18-17(19)12-9-11(15-3-7-21-8-4-15)10-14-13(12)16-1-5-20-6-2-16;14-12-9-11(16-3-7-19-8-4-16)10-15-13(12)17-1-5-18-6-2-17/h9-10H,1-8H2;9-10H,1-8,14H2. The quantitative estimate of drug-likeness (QED) is 0.405. The van der Waals surface area contributed by atoms with Crippen molar-refractivity contribution in [2.75, 3.05) is 127 Å². The van der Waals surface area contributed by atoms with E-state index in [0.29, 0.717) is 32.1 Å². The number of anilines is 5. The van der Waals surface area contributed by atoms with Crippen molar-refractivity contribution in [3.63, 3.8) is 0 Å². The minimum atomic E-state index is -0.333. The third-order valence-electron chi connectivity index (χ3n) is 7.28. The van der Waals surface area contributed by atoms with Crippen molar-refractivity contribution in [1.29, 1.82) is 0 Å². The molecule has 2 N–H and O–H groups in total. The Morgan fingerprint density at radius 2 is 1.15 bits per heavy atom. The Balaban J connectivity index is 0.000000162. The average Bonchev–Trinajstić information content (AvgIpc) is 3.03. The van der Waals surface area contributed by atoms with E-state index >= 15 is 0 Å². The van der Waals surface area contributed by atoms with Gasteiger partial charge in [-0.25, -0.2) is 9.97 Å². The summed E-state index contributed by atoms with van der Waals surface area (Å²) in [7, 11) is 0. The first-order valence-electron chi connectivity index (χ1n) is 13.8. The van der Waals surface area contributed by atoms with Gasteiger partial charge in [0.25, 0.3) is 0 Å². The lowest BCUT2D eigenvalue weighted by Crippen LogP contribution is -2.37. The molecule has 4 saturated heterocycles. The Bertz CT molecular complexity index is 1120. The predicted molar refractivity (Wildman–Crippen MR) is 165 cm³/mol. The van der Waals surface area contributed by atoms with Gasteiger partial charge in [-0.1, -0.05) is 0 Å². The Labute approximate surface area is 243 Å². The highest BCUT2D eigenvalue weighted by atomic mass is 32.2. The van der Waals surface area contributed by atoms with Crippen molar-refractivity contribution in [2.24, 2.45) is 0 Å². The second-order valence-electron chi connectivity index (χ2n) is 9.80. The Hall–Kier alpha value is -2.68. The maximum absolute atomic E-state index is 11.4. The zero-order valence-corrected chi connectivity index (χ0v) is 24.4. The molecule has 14 heteroatoms. The van der Waals surface area contributed by atoms with Crippen LogP contribution in [0.2, 0.25) is 0 Å². The summed E-state index contributed by atoms with van der Waals surface area (Å²) in [6, 6.07) is 3.72. The van der Waals surface area contributed by atoms with Gasteiger partial charge in [-0.2, -0.15) is 23.5 Å². The van der Waals surface area contributed by atoms with E-state index in [4.69, 9.17) is 15.2 Å². The van der Waals surface area contributed by atoms with Crippen LogP contribution in [-0.2, 0) is 9.47 Å². The molecule has 0 aliphatic carbocycles. The fourth-order valence-electron chi connectivity index (χ4n) is 5.08. The lowest BCUT2D eigenvalue weighted by molar-refractivity contribution is -0.384. The largest absolute Gasteiger partial charge is 0.396 e. The number of morpholine rings is 2. The van der Waals surface area contributed by atoms with Crippen LogP contribution < -0.4 is 25.3 Å². The zero-order valence-electron chi connectivity index (χ0n) is 22.8. The van der Waals surface area contributed by atoms with Crippen LogP contribution in [0.4, 0.5) is 34.4 Å². The molecule has 0 radical (unpaired) electrons. The summed E-state index contributed by atoms with van der Waals surface area (Å²) in [6.45, 7) is 9.73. The van der Waals surface area contributed by atoms with Gasteiger partial charge in [0.1, 0.15) is 0 Å². The number of nitrogens with two attached hydrogens (primary N) is 1. The molecule has 0 unspecified atom stereocenters. The molecule has 0 amide bonds. The smallest absolute Gasteiger partial charge is 0.313 e. The van der Waals surface area contributed by atoms with Crippen molar-refractivity contribution in [3.8, 4) is 0 Å². The maximum Gasteiger partial charge on any atom is 0.313 e. The van der Waals surface area contributed by atoms with Gasteiger partial charge in [0.05, 0.1) is 60.8 Å². The predicted octanol–water partition coefficient (Wildman–Crippen LogP) is 2.43. The van der Waals surface area contributed by atoms with Crippen LogP contribution >= 0.6 is 23.5 Å². The molecule has 40 heavy (non-hydrogen) atoms. The second kappa shape index (κ2) is 14.3. The normalized spacial score (nSPS) is 20.1. The number of aromatic nitrogens is 2. The summed E-state index contributed by atoms with van der Waals surface area (Å²) in [6.07, 6.45) is 3.71. The van der Waals surface area contributed by atoms with Gasteiger partial charge in [-0.3, -0.25) is 10.1 Å². The van der Waals surface area contributed by atoms with Crippen LogP contribution in [0, 0.1) is 10.1 Å². The fourth-order valence-corrected chi connectivity index (χ4v) is 6.89. The van der Waals surface area contributed by atoms with E-state index in [0.717, 1.165) is 86.9 Å². The topological polar surface area (TPSA) is 126 Å². The number of nitrogen functional groups attached to an aromatic ring is 1. The molecule has 0 saturated carbocycles. The molecule has 4 aliphatic rings. The van der Waals surface area contributed by atoms with E-state index in [9.17, 15) is 10.1 Å². The SMILES string of the molecule is Nc1cc(N2CCSCC2)cnc1N1CCOCC1.O=[N+]([O-])c1cc(N2CCSCC2)cnc1N1CCOCC1. The van der Waals surface area contributed by atoms with E-state index in [1.54, 1.807) is 12.3 Å². The molecule has 4 aliphatic heterocycles. The number of nitro groups is 1. The van der Waals surface area contributed by atoms with E-state index in [1.165, 1.54) is 11.5 Å². The molecular weight excluding hydrogens is 552 g/mol. The number of thioether (sulfide) groups is 2. The summed E-state index contributed by atoms with van der Waals surface area (Å²) in [4.78, 5) is 28.7. The van der Waals surface area contributed by atoms with Crippen molar-refractivity contribution < 1.29 is 14.4 Å². The van der Waals surface area contributed by atoms with Gasteiger partial charge in [-0.15, -0.1) is 0 Å². The molecule has 2 aromatic rings. The maximum atomic E-state index is 11.4. The number of rotatable bonds is 5. The Morgan fingerprint density at radius 3 is 1.62 bits per heavy atom. The highest BCUT2D eigenvalue weighted by Gasteiger charge is 2.25. The monoisotopic (exact) mass is 590 g/mol. The first-order valence-corrected chi connectivity index (χ1v) is 16.1. The Morgan fingerprint density at radius 1 is 0.700 bits per heavy atom. The molecule has 0 aromatic carbocycles. The summed E-state index contributed by atoms with van der Waals surface area (Å²) >= 11 is 3.92. The van der Waals surface area contributed by atoms with Crippen LogP contribution in [0.3, 0.4) is 0 Å². The first-order chi connectivity index (χ1) is 19.6. The molecule has 6 heterocycles. The third kappa shape index (κ3) is 7.33. The van der Waals surface area contributed by atoms with Crippen molar-refractivity contribution in [3.05, 3.63) is 34.6 Å². The third-order valence-corrected chi connectivity index (χ3v) is 9.17.